The van der Waals surface area contributed by atoms with E-state index in [9.17, 15) is 13.2 Å². The number of benzene rings is 1. The van der Waals surface area contributed by atoms with Gasteiger partial charge < -0.3 is 5.32 Å². The van der Waals surface area contributed by atoms with Crippen molar-refractivity contribution in [2.24, 2.45) is 0 Å². The molecule has 0 aromatic heterocycles. The minimum atomic E-state index is -3.71. The Bertz CT molecular complexity index is 653. The number of hydrogen-bond acceptors (Lipinski definition) is 3. The van der Waals surface area contributed by atoms with Crippen LogP contribution in [0.25, 0.3) is 0 Å². The molecule has 0 unspecified atom stereocenters. The van der Waals surface area contributed by atoms with Crippen LogP contribution in [0, 0.1) is 6.92 Å². The maximum Gasteiger partial charge on any atom is 0.241 e. The Morgan fingerprint density at radius 3 is 2.48 bits per heavy atom. The quantitative estimate of drug-likeness (QED) is 0.795. The van der Waals surface area contributed by atoms with E-state index in [-0.39, 0.29) is 23.4 Å². The predicted molar refractivity (Wildman–Crippen MR) is 91.0 cm³/mol. The van der Waals surface area contributed by atoms with Gasteiger partial charge in [-0.15, -0.1) is 0 Å². The van der Waals surface area contributed by atoms with Crippen molar-refractivity contribution in [2.45, 2.75) is 56.4 Å². The summed E-state index contributed by atoms with van der Waals surface area (Å²) in [5, 5.41) is 3.43. The van der Waals surface area contributed by atoms with Crippen molar-refractivity contribution in [3.63, 3.8) is 0 Å². The average molecular weight is 359 g/mol. The lowest BCUT2D eigenvalue weighted by atomic mass is 10.1. The predicted octanol–water partition coefficient (Wildman–Crippen LogP) is 2.77. The summed E-state index contributed by atoms with van der Waals surface area (Å²) in [4.78, 5) is 12.1. The third-order valence-corrected chi connectivity index (χ3v) is 5.91. The Labute approximate surface area is 142 Å². The normalized spacial score (nSPS) is 16.8. The van der Waals surface area contributed by atoms with Crippen LogP contribution in [0.1, 0.15) is 44.1 Å². The summed E-state index contributed by atoms with van der Waals surface area (Å²) in [5.74, 6) is -0.286. The van der Waals surface area contributed by atoms with Gasteiger partial charge in [-0.3, -0.25) is 4.79 Å². The Balaban J connectivity index is 1.90. The Morgan fingerprint density at radius 2 is 1.87 bits per heavy atom. The number of amides is 1. The lowest BCUT2D eigenvalue weighted by Gasteiger charge is -2.16. The van der Waals surface area contributed by atoms with Gasteiger partial charge in [0.1, 0.15) is 0 Å². The molecule has 1 fully saturated rings. The number of sulfonamides is 1. The summed E-state index contributed by atoms with van der Waals surface area (Å²) in [6.45, 7) is 1.49. The van der Waals surface area contributed by atoms with E-state index in [0.717, 1.165) is 25.7 Å². The summed E-state index contributed by atoms with van der Waals surface area (Å²) >= 11 is 5.90. The van der Waals surface area contributed by atoms with Crippen LogP contribution in [0.5, 0.6) is 0 Å². The van der Waals surface area contributed by atoms with Crippen molar-refractivity contribution in [1.29, 1.82) is 0 Å². The van der Waals surface area contributed by atoms with E-state index in [0.29, 0.717) is 10.6 Å². The van der Waals surface area contributed by atoms with Crippen LogP contribution in [-0.2, 0) is 14.8 Å². The summed E-state index contributed by atoms with van der Waals surface area (Å²) < 4.78 is 26.8. The molecule has 1 aliphatic carbocycles. The smallest absolute Gasteiger partial charge is 0.241 e. The first-order valence-electron chi connectivity index (χ1n) is 7.94. The molecule has 1 aliphatic rings. The molecule has 1 aromatic carbocycles. The number of hydrogen-bond donors (Lipinski definition) is 2. The fraction of sp³-hybridized carbons (Fsp3) is 0.562. The number of carbonyl (C=O) groups excluding carboxylic acids is 1. The number of nitrogens with one attached hydrogen (secondary N) is 2. The zero-order valence-corrected chi connectivity index (χ0v) is 14.8. The molecule has 1 aromatic rings. The first-order chi connectivity index (χ1) is 10.9. The first-order valence-corrected chi connectivity index (χ1v) is 9.80. The van der Waals surface area contributed by atoms with Gasteiger partial charge in [0.25, 0.3) is 0 Å². The number of halogens is 1. The Hall–Kier alpha value is -1.11. The van der Waals surface area contributed by atoms with E-state index < -0.39 is 10.0 Å². The second-order valence-corrected chi connectivity index (χ2v) is 8.17. The van der Waals surface area contributed by atoms with Crippen molar-refractivity contribution < 1.29 is 13.2 Å². The number of carbonyl (C=O) groups is 1. The second-order valence-electron chi connectivity index (χ2n) is 5.99. The fourth-order valence-corrected chi connectivity index (χ4v) is 3.92. The Morgan fingerprint density at radius 1 is 1.22 bits per heavy atom. The molecule has 0 atom stereocenters. The molecule has 2 rings (SSSR count). The molecule has 0 radical (unpaired) electrons. The molecule has 1 saturated carbocycles. The van der Waals surface area contributed by atoms with Gasteiger partial charge in [-0.1, -0.05) is 37.3 Å². The number of rotatable bonds is 5. The highest BCUT2D eigenvalue weighted by molar-refractivity contribution is 7.89. The molecule has 128 valence electrons. The van der Waals surface area contributed by atoms with E-state index in [1.54, 1.807) is 6.92 Å². The zero-order valence-electron chi connectivity index (χ0n) is 13.3. The molecule has 0 bridgehead atoms. The highest BCUT2D eigenvalue weighted by Gasteiger charge is 2.18. The monoisotopic (exact) mass is 358 g/mol. The van der Waals surface area contributed by atoms with E-state index in [1.165, 1.54) is 31.0 Å². The van der Waals surface area contributed by atoms with Crippen molar-refractivity contribution in [2.75, 3.05) is 6.54 Å². The SMILES string of the molecule is Cc1cc(S(=O)(=O)NCC(=O)NC2CCCCCC2)ccc1Cl. The fourth-order valence-electron chi connectivity index (χ4n) is 2.73. The first kappa shape index (κ1) is 18.2. The second kappa shape index (κ2) is 8.13. The average Bonchev–Trinajstić information content (AvgIpc) is 2.76. The molecule has 1 amide bonds. The molecular formula is C16H23ClN2O3S. The minimum absolute atomic E-state index is 0.113. The van der Waals surface area contributed by atoms with Gasteiger partial charge in [0.15, 0.2) is 0 Å². The minimum Gasteiger partial charge on any atom is -0.352 e. The van der Waals surface area contributed by atoms with Crippen molar-refractivity contribution in [1.82, 2.24) is 10.0 Å². The third-order valence-electron chi connectivity index (χ3n) is 4.08. The van der Waals surface area contributed by atoms with Gasteiger partial charge in [-0.05, 0) is 43.5 Å². The van der Waals surface area contributed by atoms with Crippen LogP contribution in [-0.4, -0.2) is 26.9 Å². The summed E-state index contributed by atoms with van der Waals surface area (Å²) in [5.41, 5.74) is 0.678. The molecule has 2 N–H and O–H groups in total. The van der Waals surface area contributed by atoms with Crippen LogP contribution < -0.4 is 10.0 Å². The molecule has 0 heterocycles. The zero-order chi connectivity index (χ0) is 16.9. The van der Waals surface area contributed by atoms with Crippen LogP contribution in [0.2, 0.25) is 5.02 Å². The molecule has 5 nitrogen and oxygen atoms in total. The van der Waals surface area contributed by atoms with Gasteiger partial charge in [0, 0.05) is 11.1 Å². The van der Waals surface area contributed by atoms with Crippen LogP contribution in [0.4, 0.5) is 0 Å². The largest absolute Gasteiger partial charge is 0.352 e. The van der Waals surface area contributed by atoms with Gasteiger partial charge in [0.2, 0.25) is 15.9 Å². The van der Waals surface area contributed by atoms with E-state index >= 15 is 0 Å². The van der Waals surface area contributed by atoms with Crippen LogP contribution in [0.3, 0.4) is 0 Å². The number of aryl methyl sites for hydroxylation is 1. The van der Waals surface area contributed by atoms with Crippen LogP contribution >= 0.6 is 11.6 Å². The van der Waals surface area contributed by atoms with E-state index in [4.69, 9.17) is 11.6 Å². The van der Waals surface area contributed by atoms with E-state index in [1.807, 2.05) is 0 Å². The van der Waals surface area contributed by atoms with Gasteiger partial charge >= 0.3 is 0 Å². The summed E-state index contributed by atoms with van der Waals surface area (Å²) in [6, 6.07) is 4.62. The molecule has 23 heavy (non-hydrogen) atoms. The molecule has 7 heteroatoms. The molecular weight excluding hydrogens is 336 g/mol. The highest BCUT2D eigenvalue weighted by atomic mass is 35.5. The lowest BCUT2D eigenvalue weighted by Crippen LogP contribution is -2.41. The molecule has 0 saturated heterocycles. The summed E-state index contributed by atoms with van der Waals surface area (Å²) in [7, 11) is -3.71. The molecule has 0 spiro atoms. The topological polar surface area (TPSA) is 75.3 Å². The van der Waals surface area contributed by atoms with Gasteiger partial charge in [-0.2, -0.15) is 0 Å². The Kier molecular flexibility index (Phi) is 6.44. The highest BCUT2D eigenvalue weighted by Crippen LogP contribution is 2.19. The van der Waals surface area contributed by atoms with Crippen molar-refractivity contribution >= 4 is 27.5 Å². The molecule has 0 aliphatic heterocycles. The summed E-state index contributed by atoms with van der Waals surface area (Å²) in [6.07, 6.45) is 6.56. The van der Waals surface area contributed by atoms with Crippen LogP contribution in [0.15, 0.2) is 23.1 Å². The van der Waals surface area contributed by atoms with Crippen molar-refractivity contribution in [3.05, 3.63) is 28.8 Å². The van der Waals surface area contributed by atoms with Crippen molar-refractivity contribution in [3.8, 4) is 0 Å². The maximum absolute atomic E-state index is 12.2. The van der Waals surface area contributed by atoms with E-state index in [2.05, 4.69) is 10.0 Å². The lowest BCUT2D eigenvalue weighted by molar-refractivity contribution is -0.120. The third kappa shape index (κ3) is 5.48. The van der Waals surface area contributed by atoms with Gasteiger partial charge in [-0.25, -0.2) is 13.1 Å². The maximum atomic E-state index is 12.2. The van der Waals surface area contributed by atoms with Gasteiger partial charge in [0.05, 0.1) is 11.4 Å². The standard InChI is InChI=1S/C16H23ClN2O3S/c1-12-10-14(8-9-15(12)17)23(21,22)18-11-16(20)19-13-6-4-2-3-5-7-13/h8-10,13,18H,2-7,11H2,1H3,(H,19,20).